The summed E-state index contributed by atoms with van der Waals surface area (Å²) in [5, 5.41) is 16.7. The number of non-ortho nitro benzene ring substituents is 1. The van der Waals surface area contributed by atoms with Crippen molar-refractivity contribution in [3.8, 4) is 0 Å². The molecule has 0 atom stereocenters. The van der Waals surface area contributed by atoms with E-state index in [-0.39, 0.29) is 29.5 Å². The highest BCUT2D eigenvalue weighted by molar-refractivity contribution is 6.06. The summed E-state index contributed by atoms with van der Waals surface area (Å²) in [5.41, 5.74) is 3.85. The van der Waals surface area contributed by atoms with Crippen molar-refractivity contribution in [2.45, 2.75) is 25.8 Å². The normalized spacial score (nSPS) is 13.4. The van der Waals surface area contributed by atoms with E-state index in [1.165, 1.54) is 42.0 Å². The monoisotopic (exact) mass is 566 g/mol. The number of halogens is 1. The van der Waals surface area contributed by atoms with Crippen LogP contribution in [-0.4, -0.2) is 29.8 Å². The Kier molecular flexibility index (Phi) is 8.87. The van der Waals surface area contributed by atoms with Crippen LogP contribution in [0.25, 0.3) is 0 Å². The lowest BCUT2D eigenvalue weighted by atomic mass is 9.89. The van der Waals surface area contributed by atoms with Crippen LogP contribution in [0.4, 0.5) is 21.5 Å². The maximum Gasteiger partial charge on any atom is 0.269 e. The third-order valence-electron chi connectivity index (χ3n) is 7.53. The van der Waals surface area contributed by atoms with Gasteiger partial charge in [0, 0.05) is 48.7 Å². The first-order valence-electron chi connectivity index (χ1n) is 13.9. The number of nitro groups is 1. The van der Waals surface area contributed by atoms with Gasteiger partial charge in [-0.15, -0.1) is 0 Å². The van der Waals surface area contributed by atoms with Gasteiger partial charge in [-0.1, -0.05) is 42.5 Å². The number of benzene rings is 4. The minimum absolute atomic E-state index is 0.108. The second-order valence-corrected chi connectivity index (χ2v) is 10.4. The molecule has 1 saturated heterocycles. The van der Waals surface area contributed by atoms with Gasteiger partial charge < -0.3 is 15.5 Å². The van der Waals surface area contributed by atoms with Gasteiger partial charge in [-0.3, -0.25) is 19.7 Å². The van der Waals surface area contributed by atoms with Crippen molar-refractivity contribution in [3.63, 3.8) is 0 Å². The second-order valence-electron chi connectivity index (χ2n) is 10.4. The quantitative estimate of drug-likeness (QED) is 0.181. The zero-order chi connectivity index (χ0) is 29.5. The van der Waals surface area contributed by atoms with Crippen LogP contribution in [0.15, 0.2) is 97.1 Å². The van der Waals surface area contributed by atoms with Crippen molar-refractivity contribution in [2.24, 2.45) is 5.92 Å². The summed E-state index contributed by atoms with van der Waals surface area (Å²) in [6.07, 6.45) is 3.00. The Hall–Kier alpha value is -5.05. The SMILES string of the molecule is O=C(Nc1ccc(N2CCC(Cc3ccccc3)CC2)c(C(=O)NCc2ccc(F)cc2)c1)c1ccc([N+](=O)[O-])cc1. The van der Waals surface area contributed by atoms with Gasteiger partial charge in [-0.05, 0) is 78.8 Å². The van der Waals surface area contributed by atoms with Crippen molar-refractivity contribution < 1.29 is 18.9 Å². The summed E-state index contributed by atoms with van der Waals surface area (Å²) in [4.78, 5) is 39.0. The Morgan fingerprint density at radius 1 is 0.857 bits per heavy atom. The van der Waals surface area contributed by atoms with Crippen LogP contribution in [0.3, 0.4) is 0 Å². The van der Waals surface area contributed by atoms with Crippen LogP contribution in [0.2, 0.25) is 0 Å². The molecule has 0 unspecified atom stereocenters. The molecule has 8 nitrogen and oxygen atoms in total. The van der Waals surface area contributed by atoms with E-state index in [4.69, 9.17) is 0 Å². The summed E-state index contributed by atoms with van der Waals surface area (Å²) >= 11 is 0. The van der Waals surface area contributed by atoms with Gasteiger partial charge >= 0.3 is 0 Å². The topological polar surface area (TPSA) is 105 Å². The second kappa shape index (κ2) is 13.1. The zero-order valence-corrected chi connectivity index (χ0v) is 23.0. The lowest BCUT2D eigenvalue weighted by molar-refractivity contribution is -0.384. The molecule has 0 spiro atoms. The average Bonchev–Trinajstić information content (AvgIpc) is 3.01. The third kappa shape index (κ3) is 7.17. The molecule has 4 aromatic carbocycles. The number of rotatable bonds is 9. The minimum Gasteiger partial charge on any atom is -0.371 e. The molecular weight excluding hydrogens is 535 g/mol. The summed E-state index contributed by atoms with van der Waals surface area (Å²) in [6, 6.07) is 26.9. The molecule has 2 N–H and O–H groups in total. The fraction of sp³-hybridized carbons (Fsp3) is 0.212. The van der Waals surface area contributed by atoms with Crippen molar-refractivity contribution in [2.75, 3.05) is 23.3 Å². The Bertz CT molecular complexity index is 1550. The largest absolute Gasteiger partial charge is 0.371 e. The summed E-state index contributed by atoms with van der Waals surface area (Å²) in [7, 11) is 0. The van der Waals surface area contributed by atoms with Crippen LogP contribution < -0.4 is 15.5 Å². The number of amides is 2. The maximum atomic E-state index is 13.5. The van der Waals surface area contributed by atoms with E-state index in [1.807, 2.05) is 12.1 Å². The van der Waals surface area contributed by atoms with E-state index in [1.54, 1.807) is 24.3 Å². The van der Waals surface area contributed by atoms with Crippen LogP contribution >= 0.6 is 0 Å². The summed E-state index contributed by atoms with van der Waals surface area (Å²) in [6.45, 7) is 1.81. The zero-order valence-electron chi connectivity index (χ0n) is 23.0. The minimum atomic E-state index is -0.526. The van der Waals surface area contributed by atoms with Gasteiger partial charge in [-0.2, -0.15) is 0 Å². The number of carbonyl (C=O) groups excluding carboxylic acids is 2. The predicted molar refractivity (Wildman–Crippen MR) is 160 cm³/mol. The molecule has 1 aliphatic rings. The molecule has 0 aliphatic carbocycles. The van der Waals surface area contributed by atoms with Gasteiger partial charge in [-0.25, -0.2) is 4.39 Å². The molecule has 214 valence electrons. The molecule has 1 fully saturated rings. The first-order valence-corrected chi connectivity index (χ1v) is 13.9. The van der Waals surface area contributed by atoms with Crippen molar-refractivity contribution in [3.05, 3.63) is 135 Å². The van der Waals surface area contributed by atoms with E-state index in [9.17, 15) is 24.1 Å². The number of nitrogens with one attached hydrogen (secondary N) is 2. The molecule has 1 heterocycles. The van der Waals surface area contributed by atoms with Crippen LogP contribution in [0.1, 0.15) is 44.7 Å². The smallest absolute Gasteiger partial charge is 0.269 e. The maximum absolute atomic E-state index is 13.5. The van der Waals surface area contributed by atoms with Gasteiger partial charge in [0.15, 0.2) is 0 Å². The van der Waals surface area contributed by atoms with Gasteiger partial charge in [0.1, 0.15) is 5.82 Å². The Morgan fingerprint density at radius 3 is 2.21 bits per heavy atom. The van der Waals surface area contributed by atoms with Crippen molar-refractivity contribution >= 4 is 28.9 Å². The van der Waals surface area contributed by atoms with Gasteiger partial charge in [0.25, 0.3) is 17.5 Å². The molecule has 0 bridgehead atoms. The van der Waals surface area contributed by atoms with Crippen LogP contribution in [-0.2, 0) is 13.0 Å². The van der Waals surface area contributed by atoms with Crippen molar-refractivity contribution in [1.82, 2.24) is 5.32 Å². The Balaban J connectivity index is 1.33. The Labute approximate surface area is 243 Å². The number of hydrogen-bond donors (Lipinski definition) is 2. The summed E-state index contributed by atoms with van der Waals surface area (Å²) < 4.78 is 13.3. The molecule has 2 amide bonds. The Morgan fingerprint density at radius 2 is 1.55 bits per heavy atom. The first-order chi connectivity index (χ1) is 20.4. The molecule has 5 rings (SSSR count). The van der Waals surface area contributed by atoms with E-state index >= 15 is 0 Å². The highest BCUT2D eigenvalue weighted by Crippen LogP contribution is 2.30. The standard InChI is InChI=1S/C33H31FN4O4/c34-27-10-6-25(7-11-27)22-35-33(40)30-21-28(36-32(39)26-8-13-29(14-9-26)38(41)42)12-15-31(30)37-18-16-24(17-19-37)20-23-4-2-1-3-5-23/h1-15,21,24H,16-20,22H2,(H,35,40)(H,36,39). The van der Waals surface area contributed by atoms with Gasteiger partial charge in [0.05, 0.1) is 10.5 Å². The van der Waals surface area contributed by atoms with E-state index in [0.29, 0.717) is 17.2 Å². The molecule has 1 aliphatic heterocycles. The fourth-order valence-corrected chi connectivity index (χ4v) is 5.21. The molecule has 0 saturated carbocycles. The highest BCUT2D eigenvalue weighted by Gasteiger charge is 2.24. The number of piperidine rings is 1. The average molecular weight is 567 g/mol. The lowest BCUT2D eigenvalue weighted by Crippen LogP contribution is -2.36. The molecule has 0 radical (unpaired) electrons. The molecule has 4 aromatic rings. The van der Waals surface area contributed by atoms with Crippen molar-refractivity contribution in [1.29, 1.82) is 0 Å². The van der Waals surface area contributed by atoms with E-state index in [0.717, 1.165) is 43.6 Å². The van der Waals surface area contributed by atoms with E-state index < -0.39 is 10.8 Å². The number of nitro benzene ring substituents is 1. The highest BCUT2D eigenvalue weighted by atomic mass is 19.1. The third-order valence-corrected chi connectivity index (χ3v) is 7.53. The number of nitrogens with zero attached hydrogens (tertiary/aromatic N) is 2. The lowest BCUT2D eigenvalue weighted by Gasteiger charge is -2.35. The molecule has 42 heavy (non-hydrogen) atoms. The molecule has 0 aromatic heterocycles. The molecular formula is C33H31FN4O4. The van der Waals surface area contributed by atoms with E-state index in [2.05, 4.69) is 39.8 Å². The number of carbonyl (C=O) groups is 2. The first kappa shape index (κ1) is 28.5. The van der Waals surface area contributed by atoms with Gasteiger partial charge in [0.2, 0.25) is 0 Å². The fourth-order valence-electron chi connectivity index (χ4n) is 5.21. The number of hydrogen-bond acceptors (Lipinski definition) is 5. The van der Waals surface area contributed by atoms with Crippen LogP contribution in [0, 0.1) is 21.8 Å². The predicted octanol–water partition coefficient (Wildman–Crippen LogP) is 6.38. The van der Waals surface area contributed by atoms with Crippen LogP contribution in [0.5, 0.6) is 0 Å². The summed E-state index contributed by atoms with van der Waals surface area (Å²) in [5.74, 6) is -0.552. The number of anilines is 2. The molecule has 9 heteroatoms.